The van der Waals surface area contributed by atoms with Crippen molar-refractivity contribution in [1.82, 2.24) is 24.6 Å². The molecule has 0 N–H and O–H groups in total. The Bertz CT molecular complexity index is 1200. The maximum absolute atomic E-state index is 5.63. The van der Waals surface area contributed by atoms with Gasteiger partial charge in [0.25, 0.3) is 0 Å². The van der Waals surface area contributed by atoms with Crippen molar-refractivity contribution in [2.45, 2.75) is 58.0 Å². The number of likely N-dealkylation sites (tertiary alicyclic amines) is 1. The third kappa shape index (κ3) is 4.43. The zero-order chi connectivity index (χ0) is 23.9. The highest BCUT2D eigenvalue weighted by Crippen LogP contribution is 2.34. The molecule has 6 rings (SSSR count). The van der Waals surface area contributed by atoms with Gasteiger partial charge in [0.05, 0.1) is 37.6 Å². The first-order valence-corrected chi connectivity index (χ1v) is 13.1. The van der Waals surface area contributed by atoms with E-state index in [0.717, 1.165) is 74.4 Å². The Morgan fingerprint density at radius 3 is 2.46 bits per heavy atom. The number of aryl methyl sites for hydroxylation is 2. The predicted octanol–water partition coefficient (Wildman–Crippen LogP) is 3.63. The van der Waals surface area contributed by atoms with E-state index >= 15 is 0 Å². The Hall–Kier alpha value is -2.55. The lowest BCUT2D eigenvalue weighted by Gasteiger charge is -2.36. The number of hydrogen-bond acceptors (Lipinski definition) is 7. The Balaban J connectivity index is 1.30. The van der Waals surface area contributed by atoms with E-state index in [2.05, 4.69) is 41.8 Å². The first-order chi connectivity index (χ1) is 17.1. The molecule has 5 heterocycles. The molecule has 3 saturated heterocycles. The summed E-state index contributed by atoms with van der Waals surface area (Å²) in [7, 11) is 0. The smallest absolute Gasteiger partial charge is 0.159 e. The van der Waals surface area contributed by atoms with Gasteiger partial charge in [0.1, 0.15) is 11.6 Å². The van der Waals surface area contributed by atoms with Gasteiger partial charge in [-0.2, -0.15) is 5.10 Å². The van der Waals surface area contributed by atoms with Gasteiger partial charge in [0.15, 0.2) is 5.82 Å². The van der Waals surface area contributed by atoms with E-state index in [0.29, 0.717) is 12.0 Å². The second-order valence-corrected chi connectivity index (χ2v) is 10.4. The predicted molar refractivity (Wildman–Crippen MR) is 137 cm³/mol. The summed E-state index contributed by atoms with van der Waals surface area (Å²) in [6.45, 7) is 12.8. The van der Waals surface area contributed by atoms with Crippen LogP contribution in [0.15, 0.2) is 24.4 Å². The molecule has 3 aliphatic rings. The quantitative estimate of drug-likeness (QED) is 0.570. The molecule has 1 unspecified atom stereocenters. The van der Waals surface area contributed by atoms with E-state index in [1.165, 1.54) is 30.4 Å². The molecular weight excluding hydrogens is 440 g/mol. The summed E-state index contributed by atoms with van der Waals surface area (Å²) in [4.78, 5) is 14.5. The number of hydrogen-bond donors (Lipinski definition) is 0. The second kappa shape index (κ2) is 9.48. The molecule has 3 aromatic rings. The van der Waals surface area contributed by atoms with Crippen molar-refractivity contribution in [3.8, 4) is 5.82 Å². The summed E-state index contributed by atoms with van der Waals surface area (Å²) in [6.07, 6.45) is 5.53. The molecule has 0 bridgehead atoms. The van der Waals surface area contributed by atoms with Crippen LogP contribution in [-0.2, 0) is 9.47 Å². The van der Waals surface area contributed by atoms with Crippen LogP contribution in [-0.4, -0.2) is 82.8 Å². The van der Waals surface area contributed by atoms with Crippen LogP contribution in [0.2, 0.25) is 0 Å². The summed E-state index contributed by atoms with van der Waals surface area (Å²) < 4.78 is 13.2. The highest BCUT2D eigenvalue weighted by atomic mass is 16.5. The van der Waals surface area contributed by atoms with Crippen LogP contribution in [0.25, 0.3) is 16.7 Å². The van der Waals surface area contributed by atoms with E-state index in [1.54, 1.807) is 0 Å². The molecule has 0 spiro atoms. The van der Waals surface area contributed by atoms with Crippen LogP contribution in [0.4, 0.5) is 5.82 Å². The normalized spacial score (nSPS) is 24.5. The number of nitrogens with zero attached hydrogens (tertiary/aromatic N) is 6. The monoisotopic (exact) mass is 476 g/mol. The van der Waals surface area contributed by atoms with Gasteiger partial charge in [-0.15, -0.1) is 0 Å². The summed E-state index contributed by atoms with van der Waals surface area (Å²) in [5.41, 5.74) is 3.94. The number of rotatable bonds is 4. The van der Waals surface area contributed by atoms with Crippen molar-refractivity contribution in [2.24, 2.45) is 0 Å². The Morgan fingerprint density at radius 1 is 0.886 bits per heavy atom. The number of benzene rings is 1. The number of ether oxygens (including phenoxy) is 2. The topological polar surface area (TPSA) is 68.5 Å². The molecule has 3 fully saturated rings. The third-order valence-electron chi connectivity index (χ3n) is 8.04. The Morgan fingerprint density at radius 2 is 1.69 bits per heavy atom. The maximum atomic E-state index is 5.63. The van der Waals surface area contributed by atoms with Gasteiger partial charge in [-0.25, -0.2) is 14.6 Å². The minimum absolute atomic E-state index is 0.288. The fourth-order valence-corrected chi connectivity index (χ4v) is 6.07. The van der Waals surface area contributed by atoms with Crippen LogP contribution in [0, 0.1) is 13.8 Å². The lowest BCUT2D eigenvalue weighted by molar-refractivity contribution is 0.0985. The Labute approximate surface area is 207 Å². The SMILES string of the molecule is Cc1nc(N2CCOC[C@@H]2C)cc(-n2ncc3cc(C)c(C4CCN(C5CCOC5)CC4)cc32)n1. The molecule has 35 heavy (non-hydrogen) atoms. The first-order valence-electron chi connectivity index (χ1n) is 13.1. The molecule has 0 amide bonds. The average molecular weight is 477 g/mol. The zero-order valence-corrected chi connectivity index (χ0v) is 21.1. The van der Waals surface area contributed by atoms with Gasteiger partial charge in [0.2, 0.25) is 0 Å². The third-order valence-corrected chi connectivity index (χ3v) is 8.04. The van der Waals surface area contributed by atoms with Crippen molar-refractivity contribution in [3.63, 3.8) is 0 Å². The molecule has 3 aliphatic heterocycles. The standard InChI is InChI=1S/C27H36N6O2/c1-18-12-22-15-28-33(27-14-26(29-20(3)30-27)32-9-11-35-16-19(32)2)25(22)13-24(18)21-4-7-31(8-5-21)23-6-10-34-17-23/h12-15,19,21,23H,4-11,16-17H2,1-3H3/t19-,23?/m0/s1. The summed E-state index contributed by atoms with van der Waals surface area (Å²) in [6, 6.07) is 7.64. The number of aromatic nitrogens is 4. The van der Waals surface area contributed by atoms with Gasteiger partial charge in [-0.05, 0) is 82.3 Å². The summed E-state index contributed by atoms with van der Waals surface area (Å²) in [5, 5.41) is 5.92. The number of fused-ring (bicyclic) bond motifs is 1. The summed E-state index contributed by atoms with van der Waals surface area (Å²) >= 11 is 0. The molecule has 186 valence electrons. The van der Waals surface area contributed by atoms with E-state index in [1.807, 2.05) is 17.8 Å². The first kappa shape index (κ1) is 22.9. The molecule has 2 aromatic heterocycles. The highest BCUT2D eigenvalue weighted by Gasteiger charge is 2.29. The molecule has 0 radical (unpaired) electrons. The van der Waals surface area contributed by atoms with E-state index in [9.17, 15) is 0 Å². The molecule has 2 atom stereocenters. The van der Waals surface area contributed by atoms with Crippen molar-refractivity contribution in [3.05, 3.63) is 41.3 Å². The van der Waals surface area contributed by atoms with Crippen LogP contribution >= 0.6 is 0 Å². The van der Waals surface area contributed by atoms with Gasteiger partial charge < -0.3 is 14.4 Å². The lowest BCUT2D eigenvalue weighted by Crippen LogP contribution is -2.44. The number of morpholine rings is 1. The molecule has 8 heteroatoms. The zero-order valence-electron chi connectivity index (χ0n) is 21.1. The van der Waals surface area contributed by atoms with Crippen LogP contribution in [0.3, 0.4) is 0 Å². The molecule has 8 nitrogen and oxygen atoms in total. The van der Waals surface area contributed by atoms with E-state index in [4.69, 9.17) is 24.5 Å². The minimum Gasteiger partial charge on any atom is -0.380 e. The maximum Gasteiger partial charge on any atom is 0.159 e. The largest absolute Gasteiger partial charge is 0.380 e. The van der Waals surface area contributed by atoms with Crippen LogP contribution in [0.5, 0.6) is 0 Å². The molecule has 0 saturated carbocycles. The van der Waals surface area contributed by atoms with Crippen LogP contribution < -0.4 is 4.90 Å². The molecule has 0 aliphatic carbocycles. The Kier molecular flexibility index (Phi) is 6.20. The van der Waals surface area contributed by atoms with Crippen molar-refractivity contribution in [1.29, 1.82) is 0 Å². The fraction of sp³-hybridized carbons (Fsp3) is 0.593. The van der Waals surface area contributed by atoms with Crippen LogP contribution in [0.1, 0.15) is 49.1 Å². The van der Waals surface area contributed by atoms with E-state index in [-0.39, 0.29) is 6.04 Å². The lowest BCUT2D eigenvalue weighted by atomic mass is 9.86. The molecule has 1 aromatic carbocycles. The van der Waals surface area contributed by atoms with Gasteiger partial charge in [-0.1, -0.05) is 0 Å². The average Bonchev–Trinajstić information content (AvgIpc) is 3.54. The van der Waals surface area contributed by atoms with Gasteiger partial charge >= 0.3 is 0 Å². The number of piperidine rings is 1. The fourth-order valence-electron chi connectivity index (χ4n) is 6.07. The van der Waals surface area contributed by atoms with Gasteiger partial charge in [-0.3, -0.25) is 4.90 Å². The second-order valence-electron chi connectivity index (χ2n) is 10.4. The van der Waals surface area contributed by atoms with E-state index < -0.39 is 0 Å². The highest BCUT2D eigenvalue weighted by molar-refractivity contribution is 5.82. The van der Waals surface area contributed by atoms with Crippen molar-refractivity contribution < 1.29 is 9.47 Å². The van der Waals surface area contributed by atoms with Gasteiger partial charge in [0, 0.05) is 30.6 Å². The minimum atomic E-state index is 0.288. The number of anilines is 1. The van der Waals surface area contributed by atoms with Crippen molar-refractivity contribution in [2.75, 3.05) is 51.0 Å². The summed E-state index contributed by atoms with van der Waals surface area (Å²) in [5.74, 6) is 3.11. The van der Waals surface area contributed by atoms with Crippen molar-refractivity contribution >= 4 is 16.7 Å². The molecular formula is C27H36N6O2.